The Morgan fingerprint density at radius 1 is 1.30 bits per heavy atom. The molecule has 0 unspecified atom stereocenters. The van der Waals surface area contributed by atoms with Crippen LogP contribution >= 0.6 is 0 Å². The molecular formula is C5H12N2O3-2. The Balaban J connectivity index is 2.91. The van der Waals surface area contributed by atoms with Crippen LogP contribution in [0.2, 0.25) is 0 Å². The quantitative estimate of drug-likeness (QED) is 0.410. The predicted molar refractivity (Wildman–Crippen MR) is 37.7 cm³/mol. The Bertz CT molecular complexity index is 67.3. The number of rotatable bonds is 5. The van der Waals surface area contributed by atoms with Crippen LogP contribution in [0.3, 0.4) is 0 Å². The van der Waals surface area contributed by atoms with Crippen molar-refractivity contribution >= 4 is 0 Å². The highest BCUT2D eigenvalue weighted by Gasteiger charge is 1.86. The highest BCUT2D eigenvalue weighted by atomic mass is 16.9. The van der Waals surface area contributed by atoms with Crippen molar-refractivity contribution in [2.75, 3.05) is 27.2 Å². The van der Waals surface area contributed by atoms with Crippen LogP contribution in [0.15, 0.2) is 0 Å². The van der Waals surface area contributed by atoms with Gasteiger partial charge in [0.1, 0.15) is 0 Å². The summed E-state index contributed by atoms with van der Waals surface area (Å²) in [5.74, 6) is 0. The highest BCUT2D eigenvalue weighted by molar-refractivity contribution is 4.47. The van der Waals surface area contributed by atoms with E-state index in [1.54, 1.807) is 0 Å². The van der Waals surface area contributed by atoms with Crippen molar-refractivity contribution in [2.45, 2.75) is 6.42 Å². The van der Waals surface area contributed by atoms with E-state index < -0.39 is 0 Å². The molecule has 0 aromatic rings. The second-order valence-corrected chi connectivity index (χ2v) is 1.98. The molecule has 10 heavy (non-hydrogen) atoms. The number of hydrogen-bond donors (Lipinski definition) is 0. The average molecular weight is 148 g/mol. The van der Waals surface area contributed by atoms with Crippen LogP contribution < -0.4 is 0 Å². The molecule has 0 amide bonds. The van der Waals surface area contributed by atoms with Gasteiger partial charge in [0.15, 0.2) is 0 Å². The first-order valence-corrected chi connectivity index (χ1v) is 3.05. The lowest BCUT2D eigenvalue weighted by molar-refractivity contribution is -0.101. The lowest BCUT2D eigenvalue weighted by Crippen LogP contribution is -2.16. The summed E-state index contributed by atoms with van der Waals surface area (Å²) in [5, 5.41) is 21.5. The summed E-state index contributed by atoms with van der Waals surface area (Å²) < 4.78 is 0. The molecule has 0 atom stereocenters. The Kier molecular flexibility index (Phi) is 5.46. The molecule has 0 aliphatic carbocycles. The number of nitrogens with zero attached hydrogens (tertiary/aromatic N) is 2. The molecule has 62 valence electrons. The van der Waals surface area contributed by atoms with Gasteiger partial charge in [-0.3, -0.25) is 5.23 Å². The lowest BCUT2D eigenvalue weighted by Gasteiger charge is -2.24. The first-order chi connectivity index (χ1) is 4.63. The fraction of sp³-hybridized carbons (Fsp3) is 1.00. The normalized spacial score (nSPS) is 11.4. The van der Waals surface area contributed by atoms with Gasteiger partial charge in [-0.1, -0.05) is 0 Å². The van der Waals surface area contributed by atoms with Crippen LogP contribution in [0.25, 0.3) is 0 Å². The van der Waals surface area contributed by atoms with Gasteiger partial charge in [-0.05, 0) is 27.1 Å². The molecule has 0 heterocycles. The third kappa shape index (κ3) is 7.80. The van der Waals surface area contributed by atoms with Crippen LogP contribution in [0.4, 0.5) is 0 Å². The second-order valence-electron chi connectivity index (χ2n) is 1.98. The summed E-state index contributed by atoms with van der Waals surface area (Å²) in [5.41, 5.74) is 0. The summed E-state index contributed by atoms with van der Waals surface area (Å²) in [6, 6.07) is 0. The maximum Gasteiger partial charge on any atom is 0.0684 e. The molecule has 0 saturated carbocycles. The summed E-state index contributed by atoms with van der Waals surface area (Å²) in [4.78, 5) is 4.50. The largest absolute Gasteiger partial charge is 0.785 e. The summed E-state index contributed by atoms with van der Waals surface area (Å²) in [6.45, 7) is 0.695. The van der Waals surface area contributed by atoms with E-state index in [0.717, 1.165) is 5.06 Å². The van der Waals surface area contributed by atoms with Crippen molar-refractivity contribution in [1.29, 1.82) is 0 Å². The third-order valence-electron chi connectivity index (χ3n) is 0.890. The standard InChI is InChI=1S/C5H12N2O3/c1-6(8)4-3-5-10-7(2)9/h3-5H2,1-2H3/q-2. The molecule has 5 nitrogen and oxygen atoms in total. The molecule has 0 aliphatic rings. The van der Waals surface area contributed by atoms with Crippen molar-refractivity contribution in [3.8, 4) is 0 Å². The van der Waals surface area contributed by atoms with Crippen LogP contribution in [-0.2, 0) is 4.84 Å². The highest BCUT2D eigenvalue weighted by Crippen LogP contribution is 1.87. The van der Waals surface area contributed by atoms with Crippen molar-refractivity contribution < 1.29 is 4.84 Å². The molecule has 0 radical (unpaired) electrons. The maximum absolute atomic E-state index is 10.3. The minimum Gasteiger partial charge on any atom is -0.785 e. The van der Waals surface area contributed by atoms with E-state index in [4.69, 9.17) is 0 Å². The van der Waals surface area contributed by atoms with Crippen molar-refractivity contribution in [3.63, 3.8) is 0 Å². The van der Waals surface area contributed by atoms with Gasteiger partial charge in [0.2, 0.25) is 0 Å². The minimum absolute atomic E-state index is 0.298. The Morgan fingerprint density at radius 2 is 1.90 bits per heavy atom. The first-order valence-electron chi connectivity index (χ1n) is 3.05. The zero-order valence-electron chi connectivity index (χ0n) is 6.24. The molecule has 0 saturated heterocycles. The van der Waals surface area contributed by atoms with E-state index >= 15 is 0 Å². The fourth-order valence-corrected chi connectivity index (χ4v) is 0.480. The van der Waals surface area contributed by atoms with E-state index in [1.807, 2.05) is 0 Å². The monoisotopic (exact) mass is 148 g/mol. The topological polar surface area (TPSA) is 61.8 Å². The fourth-order valence-electron chi connectivity index (χ4n) is 0.480. The van der Waals surface area contributed by atoms with E-state index in [-0.39, 0.29) is 0 Å². The molecule has 0 fully saturated rings. The number of hydroxylamine groups is 4. The molecule has 0 spiro atoms. The molecule has 0 rings (SSSR count). The molecular weight excluding hydrogens is 136 g/mol. The third-order valence-corrected chi connectivity index (χ3v) is 0.890. The first kappa shape index (κ1) is 9.80. The van der Waals surface area contributed by atoms with E-state index in [1.165, 1.54) is 14.1 Å². The van der Waals surface area contributed by atoms with Gasteiger partial charge in [0.05, 0.1) is 6.61 Å². The van der Waals surface area contributed by atoms with Crippen LogP contribution in [-0.4, -0.2) is 37.5 Å². The Hall–Kier alpha value is -0.200. The molecule has 0 N–H and O–H groups in total. The van der Waals surface area contributed by atoms with E-state index in [2.05, 4.69) is 4.84 Å². The Labute approximate surface area is 60.3 Å². The van der Waals surface area contributed by atoms with Crippen molar-refractivity contribution in [2.24, 2.45) is 0 Å². The maximum atomic E-state index is 10.3. The van der Waals surface area contributed by atoms with E-state index in [0.29, 0.717) is 24.8 Å². The molecule has 0 aromatic heterocycles. The van der Waals surface area contributed by atoms with Gasteiger partial charge in [0, 0.05) is 0 Å². The lowest BCUT2D eigenvalue weighted by atomic mass is 10.4. The number of hydrogen-bond acceptors (Lipinski definition) is 5. The van der Waals surface area contributed by atoms with E-state index in [9.17, 15) is 10.4 Å². The van der Waals surface area contributed by atoms with Gasteiger partial charge in [0.25, 0.3) is 0 Å². The molecule has 0 bridgehead atoms. The summed E-state index contributed by atoms with van der Waals surface area (Å²) in [7, 11) is 2.70. The van der Waals surface area contributed by atoms with Gasteiger partial charge >= 0.3 is 0 Å². The molecule has 5 heteroatoms. The van der Waals surface area contributed by atoms with Gasteiger partial charge < -0.3 is 20.3 Å². The molecule has 0 aromatic carbocycles. The summed E-state index contributed by atoms with van der Waals surface area (Å²) in [6.07, 6.45) is 0.576. The van der Waals surface area contributed by atoms with Gasteiger partial charge in [-0.15, -0.1) is 0 Å². The average Bonchev–Trinajstić information content (AvgIpc) is 1.79. The minimum atomic E-state index is 0.298. The van der Waals surface area contributed by atoms with Crippen LogP contribution in [0.5, 0.6) is 0 Å². The Morgan fingerprint density at radius 3 is 2.30 bits per heavy atom. The smallest absolute Gasteiger partial charge is 0.0684 e. The second kappa shape index (κ2) is 5.57. The predicted octanol–water partition coefficient (Wildman–Crippen LogP) is 0.167. The van der Waals surface area contributed by atoms with Gasteiger partial charge in [-0.25, -0.2) is 0 Å². The van der Waals surface area contributed by atoms with Crippen molar-refractivity contribution in [1.82, 2.24) is 10.3 Å². The van der Waals surface area contributed by atoms with Crippen molar-refractivity contribution in [3.05, 3.63) is 10.4 Å². The zero-order chi connectivity index (χ0) is 7.98. The van der Waals surface area contributed by atoms with Gasteiger partial charge in [-0.2, -0.15) is 0 Å². The molecule has 0 aliphatic heterocycles. The zero-order valence-corrected chi connectivity index (χ0v) is 6.24. The summed E-state index contributed by atoms with van der Waals surface area (Å²) >= 11 is 0. The van der Waals surface area contributed by atoms with Crippen LogP contribution in [0.1, 0.15) is 6.42 Å². The van der Waals surface area contributed by atoms with Crippen LogP contribution in [0, 0.1) is 10.4 Å². The SMILES string of the molecule is CN([O-])CCCON(C)[O-].